The highest BCUT2D eigenvalue weighted by Crippen LogP contribution is 2.75. The Hall–Kier alpha value is -1.26. The van der Waals surface area contributed by atoms with E-state index in [9.17, 15) is 79.0 Å². The molecule has 0 nitrogen and oxygen atoms in total. The van der Waals surface area contributed by atoms with Crippen LogP contribution in [0.5, 0.6) is 0 Å². The lowest BCUT2D eigenvalue weighted by atomic mass is 9.83. The van der Waals surface area contributed by atoms with Crippen molar-refractivity contribution < 1.29 is 79.0 Å². The fraction of sp³-hybridized carbons (Fsp3) is 1.00. The standard InChI is InChI=1S/C9F18/c10-1(2(11,12)5(17,18)6(19,20)3(1,13)14)4(15,16)7(21,22)8(23,24)9(25,26)27. The van der Waals surface area contributed by atoms with Gasteiger partial charge in [-0.25, -0.2) is 4.39 Å². The maximum atomic E-state index is 13.7. The van der Waals surface area contributed by atoms with Crippen LogP contribution >= 0.6 is 0 Å². The molecule has 0 aromatic rings. The van der Waals surface area contributed by atoms with Crippen LogP contribution in [0.15, 0.2) is 0 Å². The van der Waals surface area contributed by atoms with Crippen molar-refractivity contribution in [2.45, 2.75) is 53.3 Å². The highest BCUT2D eigenvalue weighted by Gasteiger charge is 3.08. The molecule has 27 heavy (non-hydrogen) atoms. The average molecular weight is 450 g/mol. The maximum Gasteiger partial charge on any atom is 0.460 e. The van der Waals surface area contributed by atoms with Gasteiger partial charge in [-0.3, -0.25) is 0 Å². The van der Waals surface area contributed by atoms with Crippen molar-refractivity contribution in [1.29, 1.82) is 0 Å². The fourth-order valence-electron chi connectivity index (χ4n) is 2.01. The molecule has 0 saturated heterocycles. The summed E-state index contributed by atoms with van der Waals surface area (Å²) in [5.41, 5.74) is -8.57. The second kappa shape index (κ2) is 5.01. The lowest BCUT2D eigenvalue weighted by molar-refractivity contribution is -0.439. The van der Waals surface area contributed by atoms with Crippen LogP contribution in [0.25, 0.3) is 0 Å². The van der Waals surface area contributed by atoms with Gasteiger partial charge in [-0.05, 0) is 0 Å². The molecule has 1 aliphatic rings. The van der Waals surface area contributed by atoms with E-state index in [1.807, 2.05) is 0 Å². The molecular formula is C9F18. The third-order valence-corrected chi connectivity index (χ3v) is 3.63. The number of hydrogen-bond acceptors (Lipinski definition) is 0. The summed E-state index contributed by atoms with van der Waals surface area (Å²) in [6.45, 7) is 0. The number of hydrogen-bond donors (Lipinski definition) is 0. The van der Waals surface area contributed by atoms with E-state index in [0.29, 0.717) is 0 Å². The SMILES string of the molecule is FC(F)(F)C(F)(F)C(F)(F)C(F)(F)C1(F)C(F)(F)C(F)(F)C(F)(F)C1(F)F. The maximum absolute atomic E-state index is 13.7. The first-order valence-corrected chi connectivity index (χ1v) is 5.65. The number of alkyl halides is 18. The van der Waals surface area contributed by atoms with Crippen LogP contribution in [0, 0.1) is 0 Å². The molecule has 18 heteroatoms. The predicted molar refractivity (Wildman–Crippen MR) is 44.5 cm³/mol. The van der Waals surface area contributed by atoms with E-state index >= 15 is 0 Å². The van der Waals surface area contributed by atoms with Gasteiger partial charge in [-0.2, -0.15) is 74.6 Å². The Bertz CT molecular complexity index is 581. The van der Waals surface area contributed by atoms with Crippen LogP contribution < -0.4 is 0 Å². The molecule has 0 aromatic carbocycles. The van der Waals surface area contributed by atoms with Gasteiger partial charge < -0.3 is 0 Å². The van der Waals surface area contributed by atoms with E-state index < -0.39 is 53.3 Å². The van der Waals surface area contributed by atoms with E-state index in [-0.39, 0.29) is 0 Å². The van der Waals surface area contributed by atoms with Crippen LogP contribution in [0.3, 0.4) is 0 Å². The zero-order valence-electron chi connectivity index (χ0n) is 11.3. The lowest BCUT2D eigenvalue weighted by Crippen LogP contribution is -2.75. The molecule has 0 heterocycles. The Morgan fingerprint density at radius 2 is 0.630 bits per heavy atom. The van der Waals surface area contributed by atoms with Crippen LogP contribution in [-0.2, 0) is 0 Å². The Morgan fingerprint density at radius 1 is 0.370 bits per heavy atom. The van der Waals surface area contributed by atoms with Gasteiger partial charge in [0.1, 0.15) is 0 Å². The van der Waals surface area contributed by atoms with Gasteiger partial charge in [0.15, 0.2) is 0 Å². The molecule has 0 aromatic heterocycles. The van der Waals surface area contributed by atoms with E-state index in [1.165, 1.54) is 0 Å². The Kier molecular flexibility index (Phi) is 4.41. The first-order valence-electron chi connectivity index (χ1n) is 5.65. The van der Waals surface area contributed by atoms with Gasteiger partial charge in [0.05, 0.1) is 0 Å². The molecule has 1 fully saturated rings. The van der Waals surface area contributed by atoms with Crippen LogP contribution in [-0.4, -0.2) is 53.3 Å². The molecule has 0 atom stereocenters. The van der Waals surface area contributed by atoms with Crippen molar-refractivity contribution in [3.63, 3.8) is 0 Å². The molecule has 0 aliphatic heterocycles. The van der Waals surface area contributed by atoms with Crippen molar-refractivity contribution in [1.82, 2.24) is 0 Å². The minimum atomic E-state index is -8.80. The summed E-state index contributed by atoms with van der Waals surface area (Å²) in [5, 5.41) is 0. The first-order chi connectivity index (χ1) is 11.2. The van der Waals surface area contributed by atoms with Gasteiger partial charge in [0.25, 0.3) is 0 Å². The van der Waals surface area contributed by atoms with Gasteiger partial charge in [0.2, 0.25) is 0 Å². The third-order valence-electron chi connectivity index (χ3n) is 3.63. The summed E-state index contributed by atoms with van der Waals surface area (Å²) in [6.07, 6.45) is -7.86. The number of rotatable bonds is 3. The second-order valence-corrected chi connectivity index (χ2v) is 5.18. The van der Waals surface area contributed by atoms with E-state index in [1.54, 1.807) is 0 Å². The highest BCUT2D eigenvalue weighted by molar-refractivity contribution is 5.33. The molecule has 0 amide bonds. The Morgan fingerprint density at radius 3 is 0.852 bits per heavy atom. The van der Waals surface area contributed by atoms with Gasteiger partial charge >= 0.3 is 53.3 Å². The minimum Gasteiger partial charge on any atom is -0.223 e. The number of halogens is 18. The smallest absolute Gasteiger partial charge is 0.223 e. The van der Waals surface area contributed by atoms with Crippen molar-refractivity contribution >= 4 is 0 Å². The largest absolute Gasteiger partial charge is 0.460 e. The molecule has 1 rings (SSSR count). The van der Waals surface area contributed by atoms with Gasteiger partial charge in [0, 0.05) is 0 Å². The molecule has 0 bridgehead atoms. The minimum absolute atomic E-state index is 7.86. The van der Waals surface area contributed by atoms with Gasteiger partial charge in [-0.1, -0.05) is 0 Å². The first kappa shape index (κ1) is 23.8. The van der Waals surface area contributed by atoms with Crippen molar-refractivity contribution in [3.05, 3.63) is 0 Å². The summed E-state index contributed by atoms with van der Waals surface area (Å²) >= 11 is 0. The zero-order valence-corrected chi connectivity index (χ0v) is 11.3. The fourth-order valence-corrected chi connectivity index (χ4v) is 2.01. The molecule has 0 radical (unpaired) electrons. The van der Waals surface area contributed by atoms with E-state index in [2.05, 4.69) is 0 Å². The summed E-state index contributed by atoms with van der Waals surface area (Å²) in [7, 11) is 0. The summed E-state index contributed by atoms with van der Waals surface area (Å²) in [5.74, 6) is -58.0. The molecular weight excluding hydrogens is 450 g/mol. The Balaban J connectivity index is 3.95. The molecule has 0 unspecified atom stereocenters. The average Bonchev–Trinajstić information content (AvgIpc) is 2.47. The topological polar surface area (TPSA) is 0 Å². The second-order valence-electron chi connectivity index (χ2n) is 5.18. The molecule has 1 aliphatic carbocycles. The van der Waals surface area contributed by atoms with Gasteiger partial charge in [-0.15, -0.1) is 0 Å². The normalized spacial score (nSPS) is 26.9. The third kappa shape index (κ3) is 2.01. The molecule has 0 N–H and O–H groups in total. The zero-order chi connectivity index (χ0) is 22.5. The quantitative estimate of drug-likeness (QED) is 0.483. The molecule has 1 saturated carbocycles. The molecule has 162 valence electrons. The van der Waals surface area contributed by atoms with Crippen molar-refractivity contribution in [3.8, 4) is 0 Å². The highest BCUT2D eigenvalue weighted by atomic mass is 19.4. The van der Waals surface area contributed by atoms with Crippen molar-refractivity contribution in [2.75, 3.05) is 0 Å². The Labute approximate surface area is 134 Å². The van der Waals surface area contributed by atoms with Crippen LogP contribution in [0.1, 0.15) is 0 Å². The predicted octanol–water partition coefficient (Wildman–Crippen LogP) is 5.72. The summed E-state index contributed by atoms with van der Waals surface area (Å²) < 4.78 is 230. The molecule has 0 spiro atoms. The van der Waals surface area contributed by atoms with Crippen LogP contribution in [0.2, 0.25) is 0 Å². The van der Waals surface area contributed by atoms with Crippen LogP contribution in [0.4, 0.5) is 79.0 Å². The lowest BCUT2D eigenvalue weighted by Gasteiger charge is -2.42. The summed E-state index contributed by atoms with van der Waals surface area (Å²) in [6, 6.07) is 0. The monoisotopic (exact) mass is 450 g/mol. The van der Waals surface area contributed by atoms with E-state index in [0.717, 1.165) is 0 Å². The van der Waals surface area contributed by atoms with E-state index in [4.69, 9.17) is 0 Å². The van der Waals surface area contributed by atoms with Crippen molar-refractivity contribution in [2.24, 2.45) is 0 Å². The summed E-state index contributed by atoms with van der Waals surface area (Å²) in [4.78, 5) is 0.